The summed E-state index contributed by atoms with van der Waals surface area (Å²) in [6.07, 6.45) is -4.78. The van der Waals surface area contributed by atoms with Gasteiger partial charge in [-0.25, -0.2) is 8.42 Å². The van der Waals surface area contributed by atoms with E-state index in [9.17, 15) is 21.6 Å². The maximum absolute atomic E-state index is 12.9. The summed E-state index contributed by atoms with van der Waals surface area (Å²) in [4.78, 5) is 0. The normalized spacial score (nSPS) is 13.3. The van der Waals surface area contributed by atoms with Gasteiger partial charge in [-0.1, -0.05) is 5.16 Å². The van der Waals surface area contributed by atoms with E-state index in [1.54, 1.807) is 0 Å². The maximum Gasteiger partial charge on any atom is 0.417 e. The molecule has 20 heavy (non-hydrogen) atoms. The van der Waals surface area contributed by atoms with Crippen molar-refractivity contribution in [3.05, 3.63) is 29.3 Å². The van der Waals surface area contributed by atoms with Gasteiger partial charge in [-0.3, -0.25) is 4.72 Å². The first-order chi connectivity index (χ1) is 9.10. The third kappa shape index (κ3) is 3.76. The van der Waals surface area contributed by atoms with Gasteiger partial charge < -0.3 is 10.9 Å². The van der Waals surface area contributed by atoms with Crippen LogP contribution in [0.5, 0.6) is 0 Å². The Labute approximate surface area is 113 Å². The Morgan fingerprint density at radius 1 is 1.45 bits per heavy atom. The van der Waals surface area contributed by atoms with E-state index in [4.69, 9.17) is 10.9 Å². The molecule has 0 spiro atoms. The number of anilines is 1. The number of nitrogens with one attached hydrogen (secondary N) is 1. The number of nitrogens with two attached hydrogens (primary N) is 1. The summed E-state index contributed by atoms with van der Waals surface area (Å²) in [6.45, 7) is 1.35. The molecule has 0 amide bonds. The predicted molar refractivity (Wildman–Crippen MR) is 67.0 cm³/mol. The Morgan fingerprint density at radius 3 is 2.50 bits per heavy atom. The van der Waals surface area contributed by atoms with E-state index in [-0.39, 0.29) is 11.4 Å². The first kappa shape index (κ1) is 16.1. The van der Waals surface area contributed by atoms with Crippen molar-refractivity contribution in [2.75, 3.05) is 10.5 Å². The summed E-state index contributed by atoms with van der Waals surface area (Å²) in [5, 5.41) is 11.0. The molecular formula is C10H12F3N3O3S. The lowest BCUT2D eigenvalue weighted by Gasteiger charge is -2.14. The summed E-state index contributed by atoms with van der Waals surface area (Å²) in [7, 11) is -3.70. The quantitative estimate of drug-likeness (QED) is 0.339. The highest BCUT2D eigenvalue weighted by molar-refractivity contribution is 7.92. The average Bonchev–Trinajstić information content (AvgIpc) is 2.36. The minimum absolute atomic E-state index is 0.256. The van der Waals surface area contributed by atoms with Crippen LogP contribution >= 0.6 is 0 Å². The number of nitrogens with zero attached hydrogens (tertiary/aromatic N) is 1. The van der Waals surface area contributed by atoms with Crippen LogP contribution in [0, 0.1) is 0 Å². The van der Waals surface area contributed by atoms with E-state index in [0.717, 1.165) is 12.1 Å². The highest BCUT2D eigenvalue weighted by Crippen LogP contribution is 2.34. The number of benzene rings is 1. The fraction of sp³-hybridized carbons (Fsp3) is 0.300. The second-order valence-electron chi connectivity index (χ2n) is 3.75. The molecule has 0 aliphatic heterocycles. The largest absolute Gasteiger partial charge is 0.417 e. The molecule has 0 heterocycles. The molecule has 0 saturated carbocycles. The highest BCUT2D eigenvalue weighted by Gasteiger charge is 2.35. The number of alkyl halides is 3. The van der Waals surface area contributed by atoms with Crippen molar-refractivity contribution in [2.45, 2.75) is 13.1 Å². The number of hydrogen-bond acceptors (Lipinski definition) is 4. The van der Waals surface area contributed by atoms with Gasteiger partial charge >= 0.3 is 6.18 Å². The van der Waals surface area contributed by atoms with E-state index >= 15 is 0 Å². The number of hydrogen-bond donors (Lipinski definition) is 3. The molecular weight excluding hydrogens is 299 g/mol. The van der Waals surface area contributed by atoms with Gasteiger partial charge in [0.1, 0.15) is 0 Å². The standard InChI is InChI=1S/C10H12F3N3O3S/c1-2-20(18,19)16-6-3-4-7(9(14)15-17)8(5-6)10(11,12)13/h3-5,16-17H,2H2,1H3,(H2,14,15). The summed E-state index contributed by atoms with van der Waals surface area (Å²) in [5.74, 6) is -1.00. The molecule has 0 atom stereocenters. The molecule has 0 aromatic heterocycles. The molecule has 1 aromatic carbocycles. The van der Waals surface area contributed by atoms with Crippen molar-refractivity contribution in [1.29, 1.82) is 0 Å². The second kappa shape index (κ2) is 5.57. The van der Waals surface area contributed by atoms with Gasteiger partial charge in [0.15, 0.2) is 5.84 Å². The molecule has 1 rings (SSSR count). The number of sulfonamides is 1. The summed E-state index contributed by atoms with van der Waals surface area (Å²) in [6, 6.07) is 2.60. The van der Waals surface area contributed by atoms with Crippen LogP contribution in [0.3, 0.4) is 0 Å². The van der Waals surface area contributed by atoms with Crippen molar-refractivity contribution < 1.29 is 26.8 Å². The minimum Gasteiger partial charge on any atom is -0.409 e. The number of amidine groups is 1. The van der Waals surface area contributed by atoms with Gasteiger partial charge in [0.2, 0.25) is 10.0 Å². The molecule has 0 bridgehead atoms. The molecule has 0 aliphatic rings. The Balaban J connectivity index is 3.36. The van der Waals surface area contributed by atoms with Crippen molar-refractivity contribution in [3.8, 4) is 0 Å². The fourth-order valence-corrected chi connectivity index (χ4v) is 2.00. The average molecular weight is 311 g/mol. The Kier molecular flexibility index (Phi) is 4.48. The SMILES string of the molecule is CCS(=O)(=O)Nc1ccc(C(N)=NO)c(C(F)(F)F)c1. The van der Waals surface area contributed by atoms with Crippen LogP contribution in [0.4, 0.5) is 18.9 Å². The van der Waals surface area contributed by atoms with Crippen LogP contribution in [0.2, 0.25) is 0 Å². The van der Waals surface area contributed by atoms with E-state index in [0.29, 0.717) is 6.07 Å². The fourth-order valence-electron chi connectivity index (χ4n) is 1.37. The van der Waals surface area contributed by atoms with Gasteiger partial charge in [0, 0.05) is 11.3 Å². The maximum atomic E-state index is 12.9. The lowest BCUT2D eigenvalue weighted by Crippen LogP contribution is -2.21. The molecule has 112 valence electrons. The molecule has 1 aromatic rings. The first-order valence-corrected chi connectivity index (χ1v) is 6.95. The zero-order valence-corrected chi connectivity index (χ0v) is 11.1. The van der Waals surface area contributed by atoms with Crippen molar-refractivity contribution >= 4 is 21.5 Å². The Hall–Kier alpha value is -1.97. The second-order valence-corrected chi connectivity index (χ2v) is 5.76. The lowest BCUT2D eigenvalue weighted by atomic mass is 10.1. The minimum atomic E-state index is -4.78. The molecule has 4 N–H and O–H groups in total. The topological polar surface area (TPSA) is 105 Å². The van der Waals surface area contributed by atoms with Crippen LogP contribution in [-0.4, -0.2) is 25.2 Å². The number of halogens is 3. The van der Waals surface area contributed by atoms with Crippen molar-refractivity contribution in [3.63, 3.8) is 0 Å². The monoisotopic (exact) mass is 311 g/mol. The van der Waals surface area contributed by atoms with Crippen LogP contribution in [0.1, 0.15) is 18.1 Å². The van der Waals surface area contributed by atoms with E-state index < -0.39 is 33.2 Å². The van der Waals surface area contributed by atoms with Crippen molar-refractivity contribution in [1.82, 2.24) is 0 Å². The zero-order chi connectivity index (χ0) is 15.6. The van der Waals surface area contributed by atoms with Gasteiger partial charge in [-0.15, -0.1) is 0 Å². The molecule has 0 unspecified atom stereocenters. The predicted octanol–water partition coefficient (Wildman–Crippen LogP) is 1.56. The first-order valence-electron chi connectivity index (χ1n) is 5.30. The van der Waals surface area contributed by atoms with Crippen LogP contribution in [-0.2, 0) is 16.2 Å². The molecule has 0 aliphatic carbocycles. The highest BCUT2D eigenvalue weighted by atomic mass is 32.2. The van der Waals surface area contributed by atoms with Gasteiger partial charge in [0.25, 0.3) is 0 Å². The summed E-state index contributed by atoms with van der Waals surface area (Å²) in [5.41, 5.74) is 3.15. The van der Waals surface area contributed by atoms with Gasteiger partial charge in [-0.2, -0.15) is 13.2 Å². The molecule has 0 fully saturated rings. The van der Waals surface area contributed by atoms with Gasteiger partial charge in [0.05, 0.1) is 11.3 Å². The number of oxime groups is 1. The van der Waals surface area contributed by atoms with Gasteiger partial charge in [-0.05, 0) is 25.1 Å². The van der Waals surface area contributed by atoms with E-state index in [1.807, 2.05) is 4.72 Å². The van der Waals surface area contributed by atoms with Crippen LogP contribution < -0.4 is 10.5 Å². The van der Waals surface area contributed by atoms with E-state index in [1.165, 1.54) is 6.92 Å². The molecule has 6 nitrogen and oxygen atoms in total. The molecule has 0 saturated heterocycles. The smallest absolute Gasteiger partial charge is 0.409 e. The lowest BCUT2D eigenvalue weighted by molar-refractivity contribution is -0.137. The number of rotatable bonds is 4. The summed E-state index contributed by atoms with van der Waals surface area (Å²) < 4.78 is 63.3. The van der Waals surface area contributed by atoms with Crippen LogP contribution in [0.25, 0.3) is 0 Å². The summed E-state index contributed by atoms with van der Waals surface area (Å²) >= 11 is 0. The van der Waals surface area contributed by atoms with E-state index in [2.05, 4.69) is 5.16 Å². The van der Waals surface area contributed by atoms with Crippen molar-refractivity contribution in [2.24, 2.45) is 10.9 Å². The third-order valence-electron chi connectivity index (χ3n) is 2.36. The molecule has 10 heteroatoms. The Morgan fingerprint density at radius 2 is 2.05 bits per heavy atom. The zero-order valence-electron chi connectivity index (χ0n) is 10.3. The Bertz CT molecular complexity index is 626. The third-order valence-corrected chi connectivity index (χ3v) is 3.67. The molecule has 0 radical (unpaired) electrons. The van der Waals surface area contributed by atoms with Crippen LogP contribution in [0.15, 0.2) is 23.4 Å².